The zero-order valence-corrected chi connectivity index (χ0v) is 19.1. The highest BCUT2D eigenvalue weighted by molar-refractivity contribution is 5.93. The lowest BCUT2D eigenvalue weighted by atomic mass is 10.1. The number of nitrogens with one attached hydrogen (secondary N) is 2. The Hall–Kier alpha value is -4.14. The van der Waals surface area contributed by atoms with Crippen LogP contribution in [0.25, 0.3) is 22.8 Å². The molecule has 0 saturated heterocycles. The van der Waals surface area contributed by atoms with Crippen molar-refractivity contribution in [3.8, 4) is 22.8 Å². The molecule has 0 fully saturated rings. The van der Waals surface area contributed by atoms with E-state index in [2.05, 4.69) is 25.9 Å². The van der Waals surface area contributed by atoms with Crippen molar-refractivity contribution < 1.29 is 9.32 Å². The highest BCUT2D eigenvalue weighted by atomic mass is 16.5. The number of carbonyl (C=O) groups excluding carboxylic acids is 1. The molecule has 1 amide bonds. The molecule has 0 spiro atoms. The van der Waals surface area contributed by atoms with Gasteiger partial charge in [-0.05, 0) is 44.4 Å². The fourth-order valence-corrected chi connectivity index (χ4v) is 3.68. The van der Waals surface area contributed by atoms with Crippen LogP contribution in [0, 0.1) is 20.8 Å². The van der Waals surface area contributed by atoms with E-state index in [4.69, 9.17) is 10.3 Å². The lowest BCUT2D eigenvalue weighted by Crippen LogP contribution is -2.21. The first-order chi connectivity index (χ1) is 15.9. The number of hydrogen-bond acceptors (Lipinski definition) is 7. The van der Waals surface area contributed by atoms with Crippen molar-refractivity contribution in [2.24, 2.45) is 0 Å². The van der Waals surface area contributed by atoms with Crippen LogP contribution in [0.4, 0.5) is 17.3 Å². The van der Waals surface area contributed by atoms with E-state index in [1.165, 1.54) is 4.68 Å². The van der Waals surface area contributed by atoms with Crippen molar-refractivity contribution >= 4 is 23.2 Å². The summed E-state index contributed by atoms with van der Waals surface area (Å²) < 4.78 is 6.98. The van der Waals surface area contributed by atoms with E-state index in [0.29, 0.717) is 23.8 Å². The van der Waals surface area contributed by atoms with Crippen molar-refractivity contribution in [2.45, 2.75) is 34.2 Å². The third kappa shape index (κ3) is 4.43. The number of rotatable bonds is 7. The lowest BCUT2D eigenvalue weighted by molar-refractivity contribution is -0.116. The normalized spacial score (nSPS) is 10.9. The fourth-order valence-electron chi connectivity index (χ4n) is 3.68. The van der Waals surface area contributed by atoms with Gasteiger partial charge in [0.15, 0.2) is 5.82 Å². The number of nitrogens with zero attached hydrogens (tertiary/aromatic N) is 4. The highest BCUT2D eigenvalue weighted by Gasteiger charge is 2.24. The van der Waals surface area contributed by atoms with Gasteiger partial charge in [-0.15, -0.1) is 0 Å². The third-order valence-electron chi connectivity index (χ3n) is 5.40. The Balaban J connectivity index is 1.64. The zero-order valence-electron chi connectivity index (χ0n) is 19.1. The molecule has 2 aromatic heterocycles. The molecule has 0 aliphatic carbocycles. The summed E-state index contributed by atoms with van der Waals surface area (Å²) in [6.45, 7) is 8.38. The van der Waals surface area contributed by atoms with E-state index in [-0.39, 0.29) is 24.2 Å². The molecule has 4 aromatic rings. The predicted molar refractivity (Wildman–Crippen MR) is 129 cm³/mol. The van der Waals surface area contributed by atoms with Crippen LogP contribution in [-0.4, -0.2) is 32.4 Å². The fraction of sp³-hybridized carbons (Fsp3) is 0.250. The molecule has 170 valence electrons. The monoisotopic (exact) mass is 445 g/mol. The van der Waals surface area contributed by atoms with Gasteiger partial charge in [0.1, 0.15) is 17.9 Å². The minimum absolute atomic E-state index is 0.0587. The third-order valence-corrected chi connectivity index (χ3v) is 5.40. The summed E-state index contributed by atoms with van der Waals surface area (Å²) in [5, 5.41) is 14.7. The summed E-state index contributed by atoms with van der Waals surface area (Å²) in [6, 6.07) is 13.6. The first-order valence-corrected chi connectivity index (χ1v) is 10.7. The summed E-state index contributed by atoms with van der Waals surface area (Å²) in [7, 11) is 0. The van der Waals surface area contributed by atoms with Crippen LogP contribution in [-0.2, 0) is 11.3 Å². The second kappa shape index (κ2) is 9.15. The molecule has 0 saturated carbocycles. The van der Waals surface area contributed by atoms with Crippen molar-refractivity contribution in [2.75, 3.05) is 22.9 Å². The zero-order chi connectivity index (χ0) is 23.5. The topological polar surface area (TPSA) is 124 Å². The van der Waals surface area contributed by atoms with E-state index in [0.717, 1.165) is 27.9 Å². The number of anilines is 3. The van der Waals surface area contributed by atoms with E-state index in [9.17, 15) is 4.79 Å². The van der Waals surface area contributed by atoms with Gasteiger partial charge in [-0.2, -0.15) is 10.1 Å². The first-order valence-electron chi connectivity index (χ1n) is 10.7. The van der Waals surface area contributed by atoms with E-state index in [1.54, 1.807) is 0 Å². The SMILES string of the molecule is CCNc1nn(CC(=O)Nc2c(C)cccc2C)c(N)c1-c1nc(-c2ccccc2C)no1. The predicted octanol–water partition coefficient (Wildman–Crippen LogP) is 4.18. The smallest absolute Gasteiger partial charge is 0.265 e. The molecule has 9 nitrogen and oxygen atoms in total. The van der Waals surface area contributed by atoms with Crippen LogP contribution in [0.2, 0.25) is 0 Å². The van der Waals surface area contributed by atoms with Crippen molar-refractivity contribution in [3.05, 3.63) is 59.2 Å². The molecule has 2 aromatic carbocycles. The van der Waals surface area contributed by atoms with Gasteiger partial charge in [0.2, 0.25) is 11.7 Å². The van der Waals surface area contributed by atoms with Crippen molar-refractivity contribution in [3.63, 3.8) is 0 Å². The summed E-state index contributed by atoms with van der Waals surface area (Å²) >= 11 is 0. The van der Waals surface area contributed by atoms with Gasteiger partial charge in [-0.25, -0.2) is 4.68 Å². The van der Waals surface area contributed by atoms with Crippen LogP contribution in [0.3, 0.4) is 0 Å². The molecule has 2 heterocycles. The van der Waals surface area contributed by atoms with Crippen molar-refractivity contribution in [1.29, 1.82) is 0 Å². The Morgan fingerprint density at radius 3 is 2.45 bits per heavy atom. The number of amides is 1. The molecule has 0 radical (unpaired) electrons. The molecule has 4 rings (SSSR count). The number of nitrogen functional groups attached to an aromatic ring is 1. The van der Waals surface area contributed by atoms with Crippen LogP contribution in [0.5, 0.6) is 0 Å². The second-order valence-corrected chi connectivity index (χ2v) is 7.85. The number of carbonyl (C=O) groups is 1. The van der Waals surface area contributed by atoms with Crippen molar-refractivity contribution in [1.82, 2.24) is 19.9 Å². The van der Waals surface area contributed by atoms with Gasteiger partial charge >= 0.3 is 0 Å². The Labute approximate surface area is 192 Å². The van der Waals surface area contributed by atoms with Crippen LogP contribution < -0.4 is 16.4 Å². The molecule has 0 unspecified atom stereocenters. The summed E-state index contributed by atoms with van der Waals surface area (Å²) in [5.74, 6) is 1.22. The van der Waals surface area contributed by atoms with Gasteiger partial charge < -0.3 is 20.9 Å². The maximum atomic E-state index is 12.8. The molecule has 33 heavy (non-hydrogen) atoms. The van der Waals surface area contributed by atoms with Gasteiger partial charge in [0, 0.05) is 17.8 Å². The molecule has 0 aliphatic rings. The average molecular weight is 446 g/mol. The number of benzene rings is 2. The summed E-state index contributed by atoms with van der Waals surface area (Å²) in [4.78, 5) is 17.3. The van der Waals surface area contributed by atoms with E-state index >= 15 is 0 Å². The lowest BCUT2D eigenvalue weighted by Gasteiger charge is -2.11. The highest BCUT2D eigenvalue weighted by Crippen LogP contribution is 2.34. The summed E-state index contributed by atoms with van der Waals surface area (Å²) in [5.41, 5.74) is 11.5. The maximum absolute atomic E-state index is 12.8. The Morgan fingerprint density at radius 1 is 1.06 bits per heavy atom. The minimum Gasteiger partial charge on any atom is -0.383 e. The quantitative estimate of drug-likeness (QED) is 0.390. The standard InChI is InChI=1S/C24H27N7O2/c1-5-26-23-19(24-28-22(30-33-24)17-12-7-6-9-14(17)2)21(25)31(29-23)13-18(32)27-20-15(3)10-8-11-16(20)4/h6-12H,5,13,25H2,1-4H3,(H,26,29)(H,27,32). The van der Waals surface area contributed by atoms with Gasteiger partial charge in [0.05, 0.1) is 0 Å². The number of aromatic nitrogens is 4. The minimum atomic E-state index is -0.234. The van der Waals surface area contributed by atoms with Crippen LogP contribution in [0.15, 0.2) is 47.0 Å². The van der Waals surface area contributed by atoms with Gasteiger partial charge in [0.25, 0.3) is 5.89 Å². The number of hydrogen-bond donors (Lipinski definition) is 3. The molecule has 4 N–H and O–H groups in total. The molecular weight excluding hydrogens is 418 g/mol. The Bertz CT molecular complexity index is 1290. The molecular formula is C24H27N7O2. The summed E-state index contributed by atoms with van der Waals surface area (Å²) in [6.07, 6.45) is 0. The number of aryl methyl sites for hydroxylation is 3. The Kier molecular flexibility index (Phi) is 6.12. The molecule has 0 aliphatic heterocycles. The van der Waals surface area contributed by atoms with Gasteiger partial charge in [-0.1, -0.05) is 47.6 Å². The molecule has 0 bridgehead atoms. The maximum Gasteiger partial charge on any atom is 0.265 e. The second-order valence-electron chi connectivity index (χ2n) is 7.85. The van der Waals surface area contributed by atoms with Gasteiger partial charge in [-0.3, -0.25) is 4.79 Å². The number of para-hydroxylation sites is 1. The molecule has 0 atom stereocenters. The van der Waals surface area contributed by atoms with E-state index < -0.39 is 0 Å². The Morgan fingerprint density at radius 2 is 1.76 bits per heavy atom. The molecule has 9 heteroatoms. The number of nitrogens with two attached hydrogens (primary N) is 1. The average Bonchev–Trinajstić information content (AvgIpc) is 3.36. The largest absolute Gasteiger partial charge is 0.383 e. The van der Waals surface area contributed by atoms with Crippen LogP contribution >= 0.6 is 0 Å². The first kappa shape index (κ1) is 22.1. The van der Waals surface area contributed by atoms with E-state index in [1.807, 2.05) is 70.2 Å². The van der Waals surface area contributed by atoms with Crippen LogP contribution in [0.1, 0.15) is 23.6 Å².